The topological polar surface area (TPSA) is 17.8 Å². The molecule has 3 aromatic rings. The molecule has 0 saturated carbocycles. The van der Waals surface area contributed by atoms with Crippen LogP contribution in [0.15, 0.2) is 47.6 Å². The van der Waals surface area contributed by atoms with Crippen molar-refractivity contribution < 1.29 is 17.6 Å². The van der Waals surface area contributed by atoms with E-state index in [0.717, 1.165) is 12.1 Å². The van der Waals surface area contributed by atoms with Gasteiger partial charge in [-0.3, -0.25) is 0 Å². The van der Waals surface area contributed by atoms with E-state index in [0.29, 0.717) is 16.2 Å². The number of hydrogen-bond acceptors (Lipinski definition) is 2. The number of para-hydroxylation sites is 1. The molecule has 3 rings (SSSR count). The van der Waals surface area contributed by atoms with Gasteiger partial charge in [-0.25, -0.2) is 9.37 Å². The molecule has 0 amide bonds. The van der Waals surface area contributed by atoms with Crippen molar-refractivity contribution >= 4 is 22.8 Å². The lowest BCUT2D eigenvalue weighted by Crippen LogP contribution is -2.05. The highest BCUT2D eigenvalue weighted by atomic mass is 32.2. The van der Waals surface area contributed by atoms with Crippen LogP contribution < -0.4 is 0 Å². The van der Waals surface area contributed by atoms with Crippen LogP contribution in [0.25, 0.3) is 11.0 Å². The Hall–Kier alpha value is -2.02. The molecule has 0 fully saturated rings. The number of fused-ring (bicyclic) bond motifs is 1. The molecule has 2 nitrogen and oxygen atoms in total. The Bertz CT molecular complexity index is 886. The Kier molecular flexibility index (Phi) is 4.29. The van der Waals surface area contributed by atoms with Crippen molar-refractivity contribution in [3.8, 4) is 0 Å². The predicted octanol–water partition coefficient (Wildman–Crippen LogP) is 5.58. The molecule has 1 atom stereocenters. The van der Waals surface area contributed by atoms with Crippen LogP contribution in [0.4, 0.5) is 17.6 Å². The van der Waals surface area contributed by atoms with Gasteiger partial charge in [-0.2, -0.15) is 13.2 Å². The summed E-state index contributed by atoms with van der Waals surface area (Å²) in [4.78, 5) is 4.28. The first kappa shape index (κ1) is 16.8. The van der Waals surface area contributed by atoms with E-state index >= 15 is 0 Å². The second-order valence-electron chi connectivity index (χ2n) is 5.44. The van der Waals surface area contributed by atoms with Gasteiger partial charge in [0.15, 0.2) is 11.0 Å². The summed E-state index contributed by atoms with van der Waals surface area (Å²) >= 11 is 1.29. The maximum Gasteiger partial charge on any atom is 0.416 e. The molecule has 0 aliphatic heterocycles. The van der Waals surface area contributed by atoms with Gasteiger partial charge in [-0.15, -0.1) is 0 Å². The zero-order chi connectivity index (χ0) is 17.5. The summed E-state index contributed by atoms with van der Waals surface area (Å²) in [5.41, 5.74) is 0.776. The number of aromatic nitrogens is 2. The number of aryl methyl sites for hydroxylation is 1. The van der Waals surface area contributed by atoms with Gasteiger partial charge in [0.1, 0.15) is 5.52 Å². The van der Waals surface area contributed by atoms with E-state index in [9.17, 15) is 17.6 Å². The van der Waals surface area contributed by atoms with Gasteiger partial charge in [-0.05, 0) is 30.7 Å². The average Bonchev–Trinajstić information content (AvgIpc) is 2.85. The van der Waals surface area contributed by atoms with Crippen LogP contribution in [-0.4, -0.2) is 9.55 Å². The summed E-state index contributed by atoms with van der Waals surface area (Å²) in [6, 6.07) is 9.92. The van der Waals surface area contributed by atoms with E-state index in [4.69, 9.17) is 0 Å². The molecule has 126 valence electrons. The zero-order valence-corrected chi connectivity index (χ0v) is 13.7. The smallest absolute Gasteiger partial charge is 0.322 e. The Labute approximate surface area is 140 Å². The van der Waals surface area contributed by atoms with Crippen molar-refractivity contribution in [2.45, 2.75) is 23.5 Å². The fraction of sp³-hybridized carbons (Fsp3) is 0.235. The minimum atomic E-state index is -4.37. The third-order valence-corrected chi connectivity index (χ3v) is 4.99. The molecule has 0 spiro atoms. The van der Waals surface area contributed by atoms with Crippen molar-refractivity contribution in [2.24, 2.45) is 7.05 Å². The average molecular weight is 354 g/mol. The van der Waals surface area contributed by atoms with Crippen LogP contribution in [0.5, 0.6) is 0 Å². The first-order chi connectivity index (χ1) is 11.3. The van der Waals surface area contributed by atoms with Gasteiger partial charge in [0.2, 0.25) is 0 Å². The fourth-order valence-corrected chi connectivity index (χ4v) is 3.46. The maximum atomic E-state index is 13.8. The molecule has 7 heteroatoms. The largest absolute Gasteiger partial charge is 0.416 e. The highest BCUT2D eigenvalue weighted by Gasteiger charge is 2.30. The molecule has 1 heterocycles. The summed E-state index contributed by atoms with van der Waals surface area (Å²) < 4.78 is 54.1. The number of alkyl halides is 3. The van der Waals surface area contributed by atoms with Crippen LogP contribution in [-0.2, 0) is 13.2 Å². The lowest BCUT2D eigenvalue weighted by Gasteiger charge is -2.14. The summed E-state index contributed by atoms with van der Waals surface area (Å²) in [5, 5.41) is 0.297. The standard InChI is InChI=1S/C17H14F4N2S/c1-10(11-5-3-6-12(9-11)17(19,20)21)24-16-22-15-13(18)7-4-8-14(15)23(16)2/h3-10H,1-2H3. The molecule has 0 aliphatic carbocycles. The van der Waals surface area contributed by atoms with Crippen molar-refractivity contribution in [1.82, 2.24) is 9.55 Å². The highest BCUT2D eigenvalue weighted by Crippen LogP contribution is 2.38. The van der Waals surface area contributed by atoms with E-state index < -0.39 is 17.6 Å². The quantitative estimate of drug-likeness (QED) is 0.451. The summed E-state index contributed by atoms with van der Waals surface area (Å²) in [5.74, 6) is -0.415. The molecule has 0 radical (unpaired) electrons. The van der Waals surface area contributed by atoms with Crippen molar-refractivity contribution in [3.63, 3.8) is 0 Å². The van der Waals surface area contributed by atoms with Crippen LogP contribution in [0.2, 0.25) is 0 Å². The molecular formula is C17H14F4N2S. The monoisotopic (exact) mass is 354 g/mol. The van der Waals surface area contributed by atoms with Crippen LogP contribution in [0, 0.1) is 5.82 Å². The maximum absolute atomic E-state index is 13.8. The van der Waals surface area contributed by atoms with E-state index in [1.807, 2.05) is 0 Å². The second kappa shape index (κ2) is 6.12. The lowest BCUT2D eigenvalue weighted by molar-refractivity contribution is -0.137. The Morgan fingerprint density at radius 1 is 1.12 bits per heavy atom. The Morgan fingerprint density at radius 2 is 1.83 bits per heavy atom. The predicted molar refractivity (Wildman–Crippen MR) is 86.4 cm³/mol. The molecule has 0 aliphatic rings. The van der Waals surface area contributed by atoms with Gasteiger partial charge in [0.25, 0.3) is 0 Å². The molecule has 0 bridgehead atoms. The van der Waals surface area contributed by atoms with E-state index in [1.165, 1.54) is 23.9 Å². The number of benzene rings is 2. The normalized spacial score (nSPS) is 13.4. The van der Waals surface area contributed by atoms with Crippen molar-refractivity contribution in [2.75, 3.05) is 0 Å². The number of rotatable bonds is 3. The number of thioether (sulfide) groups is 1. The van der Waals surface area contributed by atoms with E-state index in [2.05, 4.69) is 4.98 Å². The lowest BCUT2D eigenvalue weighted by atomic mass is 10.1. The summed E-state index contributed by atoms with van der Waals surface area (Å²) in [6.45, 7) is 1.80. The minimum absolute atomic E-state index is 0.258. The number of nitrogens with zero attached hydrogens (tertiary/aromatic N) is 2. The van der Waals surface area contributed by atoms with E-state index in [-0.39, 0.29) is 10.8 Å². The van der Waals surface area contributed by atoms with Crippen LogP contribution in [0.1, 0.15) is 23.3 Å². The molecule has 24 heavy (non-hydrogen) atoms. The van der Waals surface area contributed by atoms with Crippen molar-refractivity contribution in [1.29, 1.82) is 0 Å². The molecule has 1 unspecified atom stereocenters. The van der Waals surface area contributed by atoms with Gasteiger partial charge in [-0.1, -0.05) is 36.0 Å². The van der Waals surface area contributed by atoms with E-state index in [1.54, 1.807) is 36.7 Å². The zero-order valence-electron chi connectivity index (χ0n) is 12.9. The van der Waals surface area contributed by atoms with Gasteiger partial charge < -0.3 is 4.57 Å². The molecule has 1 aromatic heterocycles. The third kappa shape index (κ3) is 3.13. The molecule has 0 N–H and O–H groups in total. The summed E-state index contributed by atoms with van der Waals surface area (Å²) in [7, 11) is 1.76. The SMILES string of the molecule is CC(Sc1nc2c(F)cccc2n1C)c1cccc(C(F)(F)F)c1. The Morgan fingerprint density at radius 3 is 2.50 bits per heavy atom. The van der Waals surface area contributed by atoms with Crippen molar-refractivity contribution in [3.05, 3.63) is 59.4 Å². The second-order valence-corrected chi connectivity index (χ2v) is 6.75. The van der Waals surface area contributed by atoms with Crippen LogP contribution >= 0.6 is 11.8 Å². The minimum Gasteiger partial charge on any atom is -0.322 e. The molecule has 2 aromatic carbocycles. The van der Waals surface area contributed by atoms with Gasteiger partial charge in [0, 0.05) is 12.3 Å². The van der Waals surface area contributed by atoms with Crippen LogP contribution in [0.3, 0.4) is 0 Å². The number of halogens is 4. The summed E-state index contributed by atoms with van der Waals surface area (Å²) in [6.07, 6.45) is -4.37. The third-order valence-electron chi connectivity index (χ3n) is 3.79. The highest BCUT2D eigenvalue weighted by molar-refractivity contribution is 7.99. The number of imidazole rings is 1. The Balaban J connectivity index is 1.92. The number of hydrogen-bond donors (Lipinski definition) is 0. The molecular weight excluding hydrogens is 340 g/mol. The first-order valence-electron chi connectivity index (χ1n) is 7.22. The van der Waals surface area contributed by atoms with Gasteiger partial charge in [0.05, 0.1) is 11.1 Å². The van der Waals surface area contributed by atoms with Gasteiger partial charge >= 0.3 is 6.18 Å². The fourth-order valence-electron chi connectivity index (χ4n) is 2.46. The first-order valence-corrected chi connectivity index (χ1v) is 8.10. The molecule has 0 saturated heterocycles.